The van der Waals surface area contributed by atoms with Crippen LogP contribution in [0.15, 0.2) is 0 Å². The number of morpholine rings is 1. The highest BCUT2D eigenvalue weighted by atomic mass is 32.2. The Bertz CT molecular complexity index is 185. The highest BCUT2D eigenvalue weighted by Gasteiger charge is 2.14. The minimum absolute atomic E-state index is 0.187. The molecule has 14 heavy (non-hydrogen) atoms. The second-order valence-corrected chi connectivity index (χ2v) is 3.70. The van der Waals surface area contributed by atoms with E-state index in [2.05, 4.69) is 4.18 Å². The summed E-state index contributed by atoms with van der Waals surface area (Å²) in [5.74, 6) is 0. The zero-order valence-corrected chi connectivity index (χ0v) is 8.57. The first-order valence-electron chi connectivity index (χ1n) is 4.39. The van der Waals surface area contributed by atoms with Crippen molar-refractivity contribution in [1.29, 1.82) is 0 Å². The largest absolute Gasteiger partial charge is 0.750 e. The highest BCUT2D eigenvalue weighted by molar-refractivity contribution is 7.74. The van der Waals surface area contributed by atoms with Crippen LogP contribution in [0.4, 0.5) is 0 Å². The zero-order valence-electron chi connectivity index (χ0n) is 7.76. The van der Waals surface area contributed by atoms with E-state index in [-0.39, 0.29) is 6.61 Å². The van der Waals surface area contributed by atoms with Crippen molar-refractivity contribution in [3.63, 3.8) is 0 Å². The van der Waals surface area contributed by atoms with Crippen LogP contribution in [0.25, 0.3) is 0 Å². The van der Waals surface area contributed by atoms with E-state index in [1.165, 1.54) is 0 Å². The van der Waals surface area contributed by atoms with Crippen molar-refractivity contribution in [2.45, 2.75) is 6.10 Å². The van der Waals surface area contributed by atoms with Gasteiger partial charge in [0.25, 0.3) is 0 Å². The molecule has 0 radical (unpaired) electrons. The maximum absolute atomic E-state index is 10.0. The predicted octanol–water partition coefficient (Wildman–Crippen LogP) is -1.51. The van der Waals surface area contributed by atoms with Crippen LogP contribution in [0, 0.1) is 0 Å². The average molecular weight is 224 g/mol. The van der Waals surface area contributed by atoms with Gasteiger partial charge in [-0.15, -0.1) is 0 Å². The van der Waals surface area contributed by atoms with Gasteiger partial charge in [0.2, 0.25) is 0 Å². The van der Waals surface area contributed by atoms with Gasteiger partial charge in [-0.1, -0.05) is 0 Å². The third-order valence-electron chi connectivity index (χ3n) is 1.93. The average Bonchev–Trinajstić information content (AvgIpc) is 2.16. The molecule has 0 aromatic heterocycles. The highest BCUT2D eigenvalue weighted by Crippen LogP contribution is 1.99. The number of ether oxygens (including phenoxy) is 1. The molecule has 0 aromatic rings. The molecule has 84 valence electrons. The van der Waals surface area contributed by atoms with Gasteiger partial charge >= 0.3 is 0 Å². The Morgan fingerprint density at radius 1 is 1.57 bits per heavy atom. The Labute approximate surface area is 85.3 Å². The van der Waals surface area contributed by atoms with Crippen LogP contribution in [-0.4, -0.2) is 64.3 Å². The van der Waals surface area contributed by atoms with Gasteiger partial charge in [-0.2, -0.15) is 0 Å². The summed E-state index contributed by atoms with van der Waals surface area (Å²) in [6, 6.07) is 0. The van der Waals surface area contributed by atoms with E-state index in [1.807, 2.05) is 4.90 Å². The van der Waals surface area contributed by atoms with Crippen LogP contribution in [0.5, 0.6) is 0 Å². The monoisotopic (exact) mass is 224 g/mol. The Kier molecular flexibility index (Phi) is 5.53. The summed E-state index contributed by atoms with van der Waals surface area (Å²) in [4.78, 5) is 2.01. The van der Waals surface area contributed by atoms with Crippen LogP contribution in [-0.2, 0) is 20.3 Å². The van der Waals surface area contributed by atoms with Crippen molar-refractivity contribution in [3.05, 3.63) is 0 Å². The van der Waals surface area contributed by atoms with Crippen molar-refractivity contribution in [2.24, 2.45) is 0 Å². The van der Waals surface area contributed by atoms with Gasteiger partial charge in [0, 0.05) is 19.6 Å². The van der Waals surface area contributed by atoms with Crippen molar-refractivity contribution >= 4 is 11.4 Å². The van der Waals surface area contributed by atoms with E-state index in [9.17, 15) is 13.9 Å². The van der Waals surface area contributed by atoms with Crippen LogP contribution in [0.3, 0.4) is 0 Å². The molecule has 6 nitrogen and oxygen atoms in total. The fraction of sp³-hybridized carbons (Fsp3) is 1.00. The number of rotatable bonds is 5. The summed E-state index contributed by atoms with van der Waals surface area (Å²) in [7, 11) is 0. The van der Waals surface area contributed by atoms with Crippen molar-refractivity contribution in [1.82, 2.24) is 4.90 Å². The van der Waals surface area contributed by atoms with E-state index in [0.29, 0.717) is 19.8 Å². The van der Waals surface area contributed by atoms with Crippen LogP contribution in [0.2, 0.25) is 0 Å². The molecule has 1 aliphatic rings. The lowest BCUT2D eigenvalue weighted by atomic mass is 10.3. The molecule has 1 N–H and O–H groups in total. The number of β-amino-alcohol motifs (C(OH)–C–C–N with tert-alkyl or cyclic N) is 1. The normalized spacial score (nSPS) is 23.3. The second kappa shape index (κ2) is 6.44. The summed E-state index contributed by atoms with van der Waals surface area (Å²) >= 11 is -2.55. The van der Waals surface area contributed by atoms with Gasteiger partial charge in [-0.25, -0.2) is 4.21 Å². The smallest absolute Gasteiger partial charge is 0.0913 e. The first kappa shape index (κ1) is 12.0. The van der Waals surface area contributed by atoms with Gasteiger partial charge in [-0.3, -0.25) is 9.08 Å². The third-order valence-corrected chi connectivity index (χ3v) is 2.26. The minimum Gasteiger partial charge on any atom is -0.750 e. The topological polar surface area (TPSA) is 82.1 Å². The molecule has 7 heteroatoms. The van der Waals surface area contributed by atoms with E-state index < -0.39 is 17.5 Å². The standard InChI is InChI=1S/C7H15NO5S/c9-7(6-13-14(10)11)5-8-1-3-12-4-2-8/h7,9H,1-6H2,(H,10,11)/p-1. The Balaban J connectivity index is 2.11. The lowest BCUT2D eigenvalue weighted by molar-refractivity contribution is 0.00499. The summed E-state index contributed by atoms with van der Waals surface area (Å²) in [6.07, 6.45) is -0.772. The van der Waals surface area contributed by atoms with Crippen molar-refractivity contribution in [2.75, 3.05) is 39.5 Å². The molecule has 2 unspecified atom stereocenters. The molecule has 2 atom stereocenters. The van der Waals surface area contributed by atoms with Gasteiger partial charge in [0.15, 0.2) is 0 Å². The van der Waals surface area contributed by atoms with Crippen molar-refractivity contribution < 1.29 is 22.8 Å². The maximum atomic E-state index is 10.0. The molecule has 1 heterocycles. The lowest BCUT2D eigenvalue weighted by Crippen LogP contribution is -2.42. The third kappa shape index (κ3) is 4.99. The number of aliphatic hydroxyl groups excluding tert-OH is 1. The fourth-order valence-corrected chi connectivity index (χ4v) is 1.54. The molecule has 0 aromatic carbocycles. The predicted molar refractivity (Wildman–Crippen MR) is 48.1 cm³/mol. The van der Waals surface area contributed by atoms with Gasteiger partial charge in [0.1, 0.15) is 0 Å². The Morgan fingerprint density at radius 3 is 2.79 bits per heavy atom. The molecule has 0 saturated carbocycles. The summed E-state index contributed by atoms with van der Waals surface area (Å²) in [5, 5.41) is 9.37. The number of nitrogens with zero attached hydrogens (tertiary/aromatic N) is 1. The molecule has 0 bridgehead atoms. The van der Waals surface area contributed by atoms with E-state index in [1.54, 1.807) is 0 Å². The van der Waals surface area contributed by atoms with E-state index in [0.717, 1.165) is 13.1 Å². The number of hydrogen-bond donors (Lipinski definition) is 1. The molecular formula is C7H14NO5S-. The van der Waals surface area contributed by atoms with Gasteiger partial charge < -0.3 is 14.4 Å². The van der Waals surface area contributed by atoms with Crippen LogP contribution < -0.4 is 0 Å². The quantitative estimate of drug-likeness (QED) is 0.572. The molecular weight excluding hydrogens is 210 g/mol. The Hall–Kier alpha value is -0.0500. The first-order chi connectivity index (χ1) is 6.68. The maximum Gasteiger partial charge on any atom is 0.0913 e. The van der Waals surface area contributed by atoms with E-state index >= 15 is 0 Å². The lowest BCUT2D eigenvalue weighted by Gasteiger charge is -2.28. The zero-order chi connectivity index (χ0) is 10.4. The second-order valence-electron chi connectivity index (χ2n) is 3.06. The van der Waals surface area contributed by atoms with Crippen LogP contribution >= 0.6 is 0 Å². The van der Waals surface area contributed by atoms with Crippen molar-refractivity contribution in [3.8, 4) is 0 Å². The fourth-order valence-electron chi connectivity index (χ4n) is 1.27. The molecule has 0 amide bonds. The molecule has 0 spiro atoms. The minimum atomic E-state index is -2.55. The number of hydrogen-bond acceptors (Lipinski definition) is 6. The van der Waals surface area contributed by atoms with Gasteiger partial charge in [0.05, 0.1) is 37.3 Å². The molecule has 1 aliphatic heterocycles. The first-order valence-corrected chi connectivity index (χ1v) is 5.39. The molecule has 1 saturated heterocycles. The summed E-state index contributed by atoms with van der Waals surface area (Å²) < 4.78 is 29.4. The Morgan fingerprint density at radius 2 is 2.21 bits per heavy atom. The van der Waals surface area contributed by atoms with Gasteiger partial charge in [-0.05, 0) is 0 Å². The molecule has 1 rings (SSSR count). The summed E-state index contributed by atoms with van der Waals surface area (Å²) in [5.41, 5.74) is 0. The summed E-state index contributed by atoms with van der Waals surface area (Å²) in [6.45, 7) is 3.06. The van der Waals surface area contributed by atoms with Crippen LogP contribution in [0.1, 0.15) is 0 Å². The SMILES string of the molecule is O=S([O-])OCC(O)CN1CCOCC1. The number of aliphatic hydroxyl groups is 1. The molecule has 1 fully saturated rings. The van der Waals surface area contributed by atoms with E-state index in [4.69, 9.17) is 4.74 Å². The molecule has 0 aliphatic carbocycles.